The summed E-state index contributed by atoms with van der Waals surface area (Å²) in [5.74, 6) is 0.160. The quantitative estimate of drug-likeness (QED) is 0.827. The standard InChI is InChI=1S/C19H21Cl2N3O2/c1-13(19(26)22-16-12-14(20)6-7-15(16)21)23-8-10-24(11-9-23)17-4-2-3-5-18(17)25/h2-7,12-13,25H,8-11H2,1H3,(H,22,26). The summed E-state index contributed by atoms with van der Waals surface area (Å²) in [6, 6.07) is 12.0. The predicted molar refractivity (Wildman–Crippen MR) is 106 cm³/mol. The van der Waals surface area contributed by atoms with E-state index in [4.69, 9.17) is 23.2 Å². The Morgan fingerprint density at radius 3 is 2.50 bits per heavy atom. The average molecular weight is 394 g/mol. The number of carbonyl (C=O) groups excluding carboxylic acids is 1. The van der Waals surface area contributed by atoms with Gasteiger partial charge in [-0.2, -0.15) is 0 Å². The highest BCUT2D eigenvalue weighted by atomic mass is 35.5. The lowest BCUT2D eigenvalue weighted by molar-refractivity contribution is -0.120. The molecule has 0 saturated carbocycles. The Labute approximate surface area is 163 Å². The highest BCUT2D eigenvalue weighted by Gasteiger charge is 2.26. The van der Waals surface area contributed by atoms with Gasteiger partial charge in [-0.05, 0) is 37.3 Å². The first-order valence-electron chi connectivity index (χ1n) is 8.48. The summed E-state index contributed by atoms with van der Waals surface area (Å²) in [5, 5.41) is 13.8. The SMILES string of the molecule is CC(C(=O)Nc1cc(Cl)ccc1Cl)N1CCN(c2ccccc2O)CC1. The number of carbonyl (C=O) groups is 1. The molecule has 1 atom stereocenters. The van der Waals surface area contributed by atoms with E-state index in [0.29, 0.717) is 15.7 Å². The molecule has 1 saturated heterocycles. The molecule has 1 aliphatic rings. The molecule has 1 amide bonds. The Hall–Kier alpha value is -1.95. The van der Waals surface area contributed by atoms with Gasteiger partial charge >= 0.3 is 0 Å². The number of hydrogen-bond donors (Lipinski definition) is 2. The van der Waals surface area contributed by atoms with E-state index < -0.39 is 0 Å². The van der Waals surface area contributed by atoms with Gasteiger partial charge in [0.1, 0.15) is 5.75 Å². The van der Waals surface area contributed by atoms with Crippen molar-refractivity contribution in [2.75, 3.05) is 36.4 Å². The topological polar surface area (TPSA) is 55.8 Å². The molecule has 26 heavy (non-hydrogen) atoms. The van der Waals surface area contributed by atoms with E-state index in [1.54, 1.807) is 24.3 Å². The maximum atomic E-state index is 12.6. The molecule has 3 rings (SSSR count). The first-order valence-corrected chi connectivity index (χ1v) is 9.24. The van der Waals surface area contributed by atoms with Crippen LogP contribution in [0.4, 0.5) is 11.4 Å². The fourth-order valence-corrected chi connectivity index (χ4v) is 3.41. The number of para-hydroxylation sites is 2. The molecule has 7 heteroatoms. The Morgan fingerprint density at radius 2 is 1.81 bits per heavy atom. The number of phenols is 1. The number of piperazine rings is 1. The van der Waals surface area contributed by atoms with Crippen LogP contribution in [0.25, 0.3) is 0 Å². The van der Waals surface area contributed by atoms with Crippen LogP contribution in [0, 0.1) is 0 Å². The van der Waals surface area contributed by atoms with Crippen molar-refractivity contribution in [1.82, 2.24) is 4.90 Å². The molecule has 0 bridgehead atoms. The van der Waals surface area contributed by atoms with Crippen LogP contribution in [0.2, 0.25) is 10.0 Å². The van der Waals surface area contributed by atoms with Crippen molar-refractivity contribution < 1.29 is 9.90 Å². The van der Waals surface area contributed by atoms with Crippen molar-refractivity contribution in [3.8, 4) is 5.75 Å². The maximum Gasteiger partial charge on any atom is 0.241 e. The van der Waals surface area contributed by atoms with Crippen molar-refractivity contribution in [3.63, 3.8) is 0 Å². The molecule has 0 radical (unpaired) electrons. The molecule has 2 aromatic rings. The number of hydrogen-bond acceptors (Lipinski definition) is 4. The van der Waals surface area contributed by atoms with Crippen LogP contribution in [-0.2, 0) is 4.79 Å². The zero-order valence-corrected chi connectivity index (χ0v) is 16.0. The van der Waals surface area contributed by atoms with Gasteiger partial charge in [-0.15, -0.1) is 0 Å². The normalized spacial score (nSPS) is 16.3. The number of nitrogens with zero attached hydrogens (tertiary/aromatic N) is 2. The number of halogens is 2. The molecular formula is C19H21Cl2N3O2. The highest BCUT2D eigenvalue weighted by molar-refractivity contribution is 6.35. The lowest BCUT2D eigenvalue weighted by Crippen LogP contribution is -2.52. The molecule has 1 heterocycles. The number of anilines is 2. The van der Waals surface area contributed by atoms with Gasteiger partial charge in [0.15, 0.2) is 0 Å². The largest absolute Gasteiger partial charge is 0.506 e. The summed E-state index contributed by atoms with van der Waals surface area (Å²) >= 11 is 12.1. The lowest BCUT2D eigenvalue weighted by atomic mass is 10.2. The van der Waals surface area contributed by atoms with E-state index >= 15 is 0 Å². The zero-order valence-electron chi connectivity index (χ0n) is 14.5. The molecule has 5 nitrogen and oxygen atoms in total. The van der Waals surface area contributed by atoms with E-state index in [0.717, 1.165) is 31.9 Å². The van der Waals surface area contributed by atoms with Crippen LogP contribution in [-0.4, -0.2) is 48.1 Å². The van der Waals surface area contributed by atoms with Gasteiger partial charge in [0, 0.05) is 31.2 Å². The van der Waals surface area contributed by atoms with E-state index in [2.05, 4.69) is 15.1 Å². The smallest absolute Gasteiger partial charge is 0.241 e. The predicted octanol–water partition coefficient (Wildman–Crippen LogP) is 3.85. The van der Waals surface area contributed by atoms with Gasteiger partial charge in [-0.1, -0.05) is 35.3 Å². The van der Waals surface area contributed by atoms with Gasteiger partial charge in [0.2, 0.25) is 5.91 Å². The van der Waals surface area contributed by atoms with Crippen LogP contribution in [0.3, 0.4) is 0 Å². The second-order valence-electron chi connectivity index (χ2n) is 6.30. The molecule has 2 N–H and O–H groups in total. The van der Waals surface area contributed by atoms with Crippen molar-refractivity contribution in [2.45, 2.75) is 13.0 Å². The maximum absolute atomic E-state index is 12.6. The number of aromatic hydroxyl groups is 1. The van der Waals surface area contributed by atoms with E-state index in [1.165, 1.54) is 0 Å². The first kappa shape index (κ1) is 18.8. The second-order valence-corrected chi connectivity index (χ2v) is 7.14. The van der Waals surface area contributed by atoms with Crippen LogP contribution >= 0.6 is 23.2 Å². The average Bonchev–Trinajstić information content (AvgIpc) is 2.64. The minimum absolute atomic E-state index is 0.120. The molecule has 0 spiro atoms. The highest BCUT2D eigenvalue weighted by Crippen LogP contribution is 2.28. The van der Waals surface area contributed by atoms with E-state index in [1.807, 2.05) is 25.1 Å². The van der Waals surface area contributed by atoms with E-state index in [-0.39, 0.29) is 17.7 Å². The third-order valence-electron chi connectivity index (χ3n) is 4.65. The Balaban J connectivity index is 1.59. The Morgan fingerprint density at radius 1 is 1.12 bits per heavy atom. The molecule has 0 aliphatic carbocycles. The second kappa shape index (κ2) is 8.16. The van der Waals surface area contributed by atoms with Gasteiger partial charge < -0.3 is 15.3 Å². The van der Waals surface area contributed by atoms with Crippen molar-refractivity contribution >= 4 is 40.5 Å². The number of nitrogens with one attached hydrogen (secondary N) is 1. The minimum Gasteiger partial charge on any atom is -0.506 e. The van der Waals surface area contributed by atoms with E-state index in [9.17, 15) is 9.90 Å². The van der Waals surface area contributed by atoms with Crippen LogP contribution < -0.4 is 10.2 Å². The molecule has 138 valence electrons. The Bertz CT molecular complexity index is 792. The Kier molecular flexibility index (Phi) is 5.91. The molecule has 2 aromatic carbocycles. The first-order chi connectivity index (χ1) is 12.5. The number of rotatable bonds is 4. The summed E-state index contributed by atoms with van der Waals surface area (Å²) in [5.41, 5.74) is 1.35. The van der Waals surface area contributed by atoms with Crippen molar-refractivity contribution in [2.24, 2.45) is 0 Å². The summed E-state index contributed by atoms with van der Waals surface area (Å²) < 4.78 is 0. The number of amides is 1. The summed E-state index contributed by atoms with van der Waals surface area (Å²) in [7, 11) is 0. The molecule has 1 fully saturated rings. The van der Waals surface area contributed by atoms with Gasteiger partial charge in [0.25, 0.3) is 0 Å². The number of benzene rings is 2. The molecule has 1 unspecified atom stereocenters. The third kappa shape index (κ3) is 4.23. The summed E-state index contributed by atoms with van der Waals surface area (Å²) in [4.78, 5) is 16.8. The minimum atomic E-state index is -0.295. The van der Waals surface area contributed by atoms with Gasteiger partial charge in [0.05, 0.1) is 22.4 Å². The number of phenolic OH excluding ortho intramolecular Hbond substituents is 1. The fourth-order valence-electron chi connectivity index (χ4n) is 3.08. The van der Waals surface area contributed by atoms with Crippen LogP contribution in [0.1, 0.15) is 6.92 Å². The lowest BCUT2D eigenvalue weighted by Gasteiger charge is -2.38. The van der Waals surface area contributed by atoms with Crippen LogP contribution in [0.15, 0.2) is 42.5 Å². The van der Waals surface area contributed by atoms with Crippen molar-refractivity contribution in [3.05, 3.63) is 52.5 Å². The molecular weight excluding hydrogens is 373 g/mol. The third-order valence-corrected chi connectivity index (χ3v) is 5.21. The summed E-state index contributed by atoms with van der Waals surface area (Å²) in [6.45, 7) is 4.82. The van der Waals surface area contributed by atoms with Crippen LogP contribution in [0.5, 0.6) is 5.75 Å². The van der Waals surface area contributed by atoms with Crippen molar-refractivity contribution in [1.29, 1.82) is 0 Å². The van der Waals surface area contributed by atoms with Gasteiger partial charge in [-0.3, -0.25) is 9.69 Å². The molecule has 1 aliphatic heterocycles. The zero-order chi connectivity index (χ0) is 18.7. The fraction of sp³-hybridized carbons (Fsp3) is 0.316. The monoisotopic (exact) mass is 393 g/mol. The summed E-state index contributed by atoms with van der Waals surface area (Å²) in [6.07, 6.45) is 0. The molecule has 0 aromatic heterocycles. The van der Waals surface area contributed by atoms with Gasteiger partial charge in [-0.25, -0.2) is 0 Å².